The van der Waals surface area contributed by atoms with Gasteiger partial charge < -0.3 is 0 Å². The third-order valence-electron chi connectivity index (χ3n) is 5.66. The van der Waals surface area contributed by atoms with Gasteiger partial charge in [0.05, 0.1) is 15.9 Å². The molecule has 3 aromatic heterocycles. The van der Waals surface area contributed by atoms with E-state index >= 15 is 0 Å². The van der Waals surface area contributed by atoms with Crippen LogP contribution in [0.15, 0.2) is 94.3 Å². The molecule has 0 saturated heterocycles. The van der Waals surface area contributed by atoms with Crippen molar-refractivity contribution in [3.05, 3.63) is 116 Å². The van der Waals surface area contributed by atoms with Crippen molar-refractivity contribution >= 4 is 38.3 Å². The summed E-state index contributed by atoms with van der Waals surface area (Å²) < 4.78 is 4.76. The number of benzene rings is 3. The van der Waals surface area contributed by atoms with Gasteiger partial charge >= 0.3 is 0 Å². The summed E-state index contributed by atoms with van der Waals surface area (Å²) in [5, 5.41) is 9.32. The summed E-state index contributed by atoms with van der Waals surface area (Å²) in [5.41, 5.74) is 5.40. The van der Waals surface area contributed by atoms with Gasteiger partial charge in [-0.05, 0) is 37.3 Å². The number of halogens is 1. The van der Waals surface area contributed by atoms with Crippen LogP contribution in [0.3, 0.4) is 0 Å². The quantitative estimate of drug-likeness (QED) is 0.305. The summed E-state index contributed by atoms with van der Waals surface area (Å²) in [4.78, 5) is 18.4. The van der Waals surface area contributed by atoms with Gasteiger partial charge in [0.25, 0.3) is 5.56 Å². The van der Waals surface area contributed by atoms with Crippen molar-refractivity contribution < 1.29 is 0 Å². The summed E-state index contributed by atoms with van der Waals surface area (Å²) in [5.74, 6) is 0.548. The number of rotatable bonds is 4. The van der Waals surface area contributed by atoms with Crippen molar-refractivity contribution in [1.82, 2.24) is 24.4 Å². The van der Waals surface area contributed by atoms with E-state index in [1.807, 2.05) is 103 Å². The van der Waals surface area contributed by atoms with Crippen LogP contribution in [-0.4, -0.2) is 24.4 Å². The van der Waals surface area contributed by atoms with Gasteiger partial charge in [0.2, 0.25) is 4.96 Å². The zero-order valence-corrected chi connectivity index (χ0v) is 21.0. The van der Waals surface area contributed by atoms with Gasteiger partial charge in [0, 0.05) is 27.4 Å². The lowest BCUT2D eigenvalue weighted by Crippen LogP contribution is -2.23. The number of thiazole rings is 1. The van der Waals surface area contributed by atoms with E-state index in [0.29, 0.717) is 15.3 Å². The Morgan fingerprint density at radius 2 is 1.60 bits per heavy atom. The van der Waals surface area contributed by atoms with E-state index < -0.39 is 0 Å². The van der Waals surface area contributed by atoms with E-state index in [2.05, 4.69) is 26.0 Å². The van der Waals surface area contributed by atoms with Crippen molar-refractivity contribution in [2.75, 3.05) is 0 Å². The number of nitrogens with zero attached hydrogens (tertiary/aromatic N) is 5. The van der Waals surface area contributed by atoms with Crippen molar-refractivity contribution in [3.63, 3.8) is 0 Å². The Bertz CT molecular complexity index is 1770. The minimum absolute atomic E-state index is 0.190. The highest BCUT2D eigenvalue weighted by Gasteiger charge is 2.15. The number of para-hydroxylation sites is 1. The molecule has 0 amide bonds. The molecule has 0 aliphatic carbocycles. The van der Waals surface area contributed by atoms with Crippen molar-refractivity contribution in [3.8, 4) is 28.3 Å². The van der Waals surface area contributed by atoms with Crippen LogP contribution in [-0.2, 0) is 0 Å². The Hall–Kier alpha value is -3.88. The van der Waals surface area contributed by atoms with Crippen LogP contribution in [0.4, 0.5) is 0 Å². The maximum Gasteiger partial charge on any atom is 0.291 e. The molecule has 170 valence electrons. The summed E-state index contributed by atoms with van der Waals surface area (Å²) in [7, 11) is 0. The summed E-state index contributed by atoms with van der Waals surface area (Å²) in [6, 6.07) is 25.8. The highest BCUT2D eigenvalue weighted by atomic mass is 79.9. The number of aromatic nitrogens is 5. The van der Waals surface area contributed by atoms with Gasteiger partial charge in [0.1, 0.15) is 0 Å². The standard InChI is InChI=1S/C27H18BrN5OS/c1-17-7-9-19(10-8-17)25-29-27-33(31-25)26(34)23(35-27)15-20-16-32(22-5-3-2-4-6-22)30-24(20)18-11-13-21(28)14-12-18/h2-16H,1H3/b23-15+. The van der Waals surface area contributed by atoms with Crippen molar-refractivity contribution in [2.45, 2.75) is 6.92 Å². The molecule has 8 heteroatoms. The van der Waals surface area contributed by atoms with E-state index in [1.54, 1.807) is 0 Å². The first kappa shape index (κ1) is 21.6. The second-order valence-electron chi connectivity index (χ2n) is 8.13. The topological polar surface area (TPSA) is 65.1 Å². The maximum absolute atomic E-state index is 13.2. The molecule has 6 nitrogen and oxygen atoms in total. The molecule has 0 bridgehead atoms. The molecule has 0 saturated carbocycles. The first-order valence-corrected chi connectivity index (χ1v) is 12.6. The first-order valence-electron chi connectivity index (χ1n) is 10.9. The zero-order chi connectivity index (χ0) is 23.9. The molecule has 0 spiro atoms. The van der Waals surface area contributed by atoms with Crippen LogP contribution in [0.5, 0.6) is 0 Å². The number of fused-ring (bicyclic) bond motifs is 1. The van der Waals surface area contributed by atoms with Gasteiger partial charge in [-0.1, -0.05) is 87.4 Å². The number of hydrogen-bond acceptors (Lipinski definition) is 5. The normalized spacial score (nSPS) is 12.0. The predicted octanol–water partition coefficient (Wildman–Crippen LogP) is 5.29. The van der Waals surface area contributed by atoms with Gasteiger partial charge in [0.15, 0.2) is 5.82 Å². The molecule has 0 N–H and O–H groups in total. The zero-order valence-electron chi connectivity index (χ0n) is 18.6. The molecule has 0 unspecified atom stereocenters. The van der Waals surface area contributed by atoms with Crippen LogP contribution in [0.1, 0.15) is 11.1 Å². The second kappa shape index (κ2) is 8.72. The fourth-order valence-corrected chi connectivity index (χ4v) is 5.00. The van der Waals surface area contributed by atoms with E-state index in [-0.39, 0.29) is 5.56 Å². The highest BCUT2D eigenvalue weighted by molar-refractivity contribution is 9.10. The fourth-order valence-electron chi connectivity index (χ4n) is 3.84. The lowest BCUT2D eigenvalue weighted by Gasteiger charge is -2.00. The number of hydrogen-bond donors (Lipinski definition) is 0. The van der Waals surface area contributed by atoms with Crippen LogP contribution >= 0.6 is 27.3 Å². The molecule has 0 radical (unpaired) electrons. The monoisotopic (exact) mass is 539 g/mol. The fraction of sp³-hybridized carbons (Fsp3) is 0.0370. The van der Waals surface area contributed by atoms with Gasteiger partial charge in [-0.15, -0.1) is 5.10 Å². The van der Waals surface area contributed by atoms with E-state index in [1.165, 1.54) is 15.9 Å². The van der Waals surface area contributed by atoms with E-state index in [9.17, 15) is 4.79 Å². The van der Waals surface area contributed by atoms with Crippen LogP contribution in [0.2, 0.25) is 0 Å². The first-order chi connectivity index (χ1) is 17.0. The molecule has 0 aliphatic rings. The molecule has 6 aromatic rings. The van der Waals surface area contributed by atoms with Crippen LogP contribution in [0.25, 0.3) is 39.4 Å². The largest absolute Gasteiger partial charge is 0.291 e. The molecule has 0 atom stereocenters. The molecule has 0 aliphatic heterocycles. The van der Waals surface area contributed by atoms with E-state index in [4.69, 9.17) is 5.10 Å². The molecule has 6 rings (SSSR count). The second-order valence-corrected chi connectivity index (χ2v) is 10.1. The Morgan fingerprint density at radius 3 is 2.31 bits per heavy atom. The van der Waals surface area contributed by atoms with Crippen LogP contribution in [0, 0.1) is 6.92 Å². The molecule has 35 heavy (non-hydrogen) atoms. The van der Waals surface area contributed by atoms with Gasteiger partial charge in [-0.2, -0.15) is 14.6 Å². The third kappa shape index (κ3) is 4.11. The minimum atomic E-state index is -0.190. The molecule has 0 fully saturated rings. The van der Waals surface area contributed by atoms with E-state index in [0.717, 1.165) is 38.1 Å². The predicted molar refractivity (Wildman–Crippen MR) is 143 cm³/mol. The summed E-state index contributed by atoms with van der Waals surface area (Å²) in [6.07, 6.45) is 3.82. The summed E-state index contributed by atoms with van der Waals surface area (Å²) >= 11 is 4.82. The Balaban J connectivity index is 1.48. The third-order valence-corrected chi connectivity index (χ3v) is 7.15. The van der Waals surface area contributed by atoms with Crippen molar-refractivity contribution in [1.29, 1.82) is 0 Å². The van der Waals surface area contributed by atoms with Crippen molar-refractivity contribution in [2.24, 2.45) is 0 Å². The lowest BCUT2D eigenvalue weighted by molar-refractivity contribution is 0.884. The Kier molecular flexibility index (Phi) is 5.39. The lowest BCUT2D eigenvalue weighted by atomic mass is 10.1. The van der Waals surface area contributed by atoms with Crippen LogP contribution < -0.4 is 10.1 Å². The average molecular weight is 540 g/mol. The molecular formula is C27H18BrN5OS. The van der Waals surface area contributed by atoms with Gasteiger partial charge in [-0.25, -0.2) is 4.68 Å². The number of aryl methyl sites for hydroxylation is 1. The SMILES string of the molecule is Cc1ccc(-c2nc3s/c(=C/c4cn(-c5ccccc5)nc4-c4ccc(Br)cc4)c(=O)n3n2)cc1. The average Bonchev–Trinajstić information content (AvgIpc) is 3.56. The Labute approximate surface area is 213 Å². The summed E-state index contributed by atoms with van der Waals surface area (Å²) in [6.45, 7) is 2.03. The Morgan fingerprint density at radius 1 is 0.886 bits per heavy atom. The molecular weight excluding hydrogens is 522 g/mol. The molecule has 3 aromatic carbocycles. The van der Waals surface area contributed by atoms with Gasteiger partial charge in [-0.3, -0.25) is 4.79 Å². The minimum Gasteiger partial charge on any atom is -0.266 e. The smallest absolute Gasteiger partial charge is 0.266 e. The molecule has 3 heterocycles. The highest BCUT2D eigenvalue weighted by Crippen LogP contribution is 2.26. The maximum atomic E-state index is 13.2.